The zero-order chi connectivity index (χ0) is 17.6. The number of hydrogen-bond donors (Lipinski definition) is 0. The van der Waals surface area contributed by atoms with Gasteiger partial charge < -0.3 is 9.42 Å². The summed E-state index contributed by atoms with van der Waals surface area (Å²) in [6.45, 7) is 5.69. The molecule has 0 aliphatic heterocycles. The average Bonchev–Trinajstić information content (AvgIpc) is 3.04. The molecule has 3 rings (SSSR count). The molecule has 3 aromatic rings. The van der Waals surface area contributed by atoms with Gasteiger partial charge in [-0.05, 0) is 20.8 Å². The minimum absolute atomic E-state index is 0.0945. The standard InChI is InChI=1S/C14H15F3N6O/c1-7-5-11(22(4)6-10-8(2)21-24-9(10)3)23-13(18-7)19-12(20-23)14(15,16)17/h5H,6H2,1-4H3. The second kappa shape index (κ2) is 5.46. The summed E-state index contributed by atoms with van der Waals surface area (Å²) in [5, 5.41) is 7.44. The van der Waals surface area contributed by atoms with Gasteiger partial charge in [-0.25, -0.2) is 4.98 Å². The van der Waals surface area contributed by atoms with Crippen molar-refractivity contribution in [2.45, 2.75) is 33.5 Å². The molecule has 10 heteroatoms. The smallest absolute Gasteiger partial charge is 0.361 e. The van der Waals surface area contributed by atoms with Crippen molar-refractivity contribution in [3.05, 3.63) is 34.6 Å². The van der Waals surface area contributed by atoms with E-state index in [0.29, 0.717) is 23.8 Å². The van der Waals surface area contributed by atoms with E-state index >= 15 is 0 Å². The lowest BCUT2D eigenvalue weighted by Crippen LogP contribution is -2.21. The van der Waals surface area contributed by atoms with Gasteiger partial charge >= 0.3 is 6.18 Å². The van der Waals surface area contributed by atoms with Gasteiger partial charge in [0.1, 0.15) is 11.6 Å². The van der Waals surface area contributed by atoms with E-state index in [0.717, 1.165) is 15.8 Å². The molecule has 0 saturated carbocycles. The molecular weight excluding hydrogens is 325 g/mol. The van der Waals surface area contributed by atoms with E-state index in [1.165, 1.54) is 0 Å². The van der Waals surface area contributed by atoms with Crippen LogP contribution in [0.2, 0.25) is 0 Å². The van der Waals surface area contributed by atoms with Crippen LogP contribution in [0.3, 0.4) is 0 Å². The first-order valence-electron chi connectivity index (χ1n) is 7.11. The van der Waals surface area contributed by atoms with Crippen molar-refractivity contribution in [2.75, 3.05) is 11.9 Å². The lowest BCUT2D eigenvalue weighted by atomic mass is 10.2. The van der Waals surface area contributed by atoms with E-state index in [4.69, 9.17) is 4.52 Å². The Hall–Kier alpha value is -2.65. The molecule has 0 N–H and O–H groups in total. The van der Waals surface area contributed by atoms with Gasteiger partial charge in [-0.15, -0.1) is 5.10 Å². The summed E-state index contributed by atoms with van der Waals surface area (Å²) >= 11 is 0. The SMILES string of the molecule is Cc1cc(N(C)Cc2c(C)noc2C)n2nc(C(F)(F)F)nc2n1. The third-order valence-corrected chi connectivity index (χ3v) is 3.64. The average molecular weight is 340 g/mol. The topological polar surface area (TPSA) is 72.4 Å². The van der Waals surface area contributed by atoms with Gasteiger partial charge in [0.05, 0.1) is 5.69 Å². The summed E-state index contributed by atoms with van der Waals surface area (Å²) in [5.74, 6) is -0.202. The van der Waals surface area contributed by atoms with Crippen LogP contribution in [0.25, 0.3) is 5.78 Å². The maximum Gasteiger partial charge on any atom is 0.453 e. The Labute approximate surface area is 135 Å². The van der Waals surface area contributed by atoms with Crippen LogP contribution in [0.4, 0.5) is 19.0 Å². The monoisotopic (exact) mass is 340 g/mol. The van der Waals surface area contributed by atoms with E-state index < -0.39 is 12.0 Å². The molecule has 0 saturated heterocycles. The molecule has 0 radical (unpaired) electrons. The molecule has 128 valence electrons. The van der Waals surface area contributed by atoms with Crippen LogP contribution in [0.5, 0.6) is 0 Å². The summed E-state index contributed by atoms with van der Waals surface area (Å²) in [7, 11) is 1.75. The Morgan fingerprint density at radius 2 is 1.92 bits per heavy atom. The van der Waals surface area contributed by atoms with Crippen molar-refractivity contribution < 1.29 is 17.7 Å². The molecule has 7 nitrogen and oxygen atoms in total. The van der Waals surface area contributed by atoms with Crippen molar-refractivity contribution in [3.8, 4) is 0 Å². The number of rotatable bonds is 3. The van der Waals surface area contributed by atoms with Gasteiger partial charge in [0, 0.05) is 30.9 Å². The van der Waals surface area contributed by atoms with Crippen molar-refractivity contribution in [1.82, 2.24) is 24.7 Å². The predicted molar refractivity (Wildman–Crippen MR) is 78.6 cm³/mol. The first-order valence-corrected chi connectivity index (χ1v) is 7.11. The van der Waals surface area contributed by atoms with Gasteiger partial charge in [0.15, 0.2) is 0 Å². The van der Waals surface area contributed by atoms with Crippen molar-refractivity contribution in [3.63, 3.8) is 0 Å². The van der Waals surface area contributed by atoms with Crippen LogP contribution in [0.15, 0.2) is 10.6 Å². The highest BCUT2D eigenvalue weighted by Crippen LogP contribution is 2.28. The second-order valence-electron chi connectivity index (χ2n) is 5.56. The molecule has 0 atom stereocenters. The summed E-state index contributed by atoms with van der Waals surface area (Å²) < 4.78 is 44.8. The number of hydrogen-bond acceptors (Lipinski definition) is 6. The number of fused-ring (bicyclic) bond motifs is 1. The number of aromatic nitrogens is 5. The second-order valence-corrected chi connectivity index (χ2v) is 5.56. The Bertz CT molecular complexity index is 878. The molecule has 0 aliphatic carbocycles. The number of halogens is 3. The first-order chi connectivity index (χ1) is 11.2. The Balaban J connectivity index is 2.06. The molecule has 24 heavy (non-hydrogen) atoms. The van der Waals surface area contributed by atoms with Crippen LogP contribution in [0.1, 0.15) is 28.5 Å². The molecular formula is C14H15F3N6O. The highest BCUT2D eigenvalue weighted by Gasteiger charge is 2.37. The fraction of sp³-hybridized carbons (Fsp3) is 0.429. The highest BCUT2D eigenvalue weighted by molar-refractivity contribution is 5.48. The van der Waals surface area contributed by atoms with Gasteiger partial charge in [0.25, 0.3) is 11.6 Å². The van der Waals surface area contributed by atoms with Crippen molar-refractivity contribution >= 4 is 11.6 Å². The molecule has 3 heterocycles. The molecule has 0 unspecified atom stereocenters. The fourth-order valence-electron chi connectivity index (χ4n) is 2.41. The van der Waals surface area contributed by atoms with Crippen LogP contribution in [-0.2, 0) is 12.7 Å². The van der Waals surface area contributed by atoms with E-state index in [-0.39, 0.29) is 5.78 Å². The number of nitrogens with zero attached hydrogens (tertiary/aromatic N) is 6. The Kier molecular flexibility index (Phi) is 3.69. The van der Waals surface area contributed by atoms with Crippen LogP contribution >= 0.6 is 0 Å². The normalized spacial score (nSPS) is 12.1. The molecule has 0 bridgehead atoms. The molecule has 0 aromatic carbocycles. The Morgan fingerprint density at radius 3 is 2.50 bits per heavy atom. The van der Waals surface area contributed by atoms with Gasteiger partial charge in [0.2, 0.25) is 0 Å². The first kappa shape index (κ1) is 16.2. The van der Waals surface area contributed by atoms with Gasteiger partial charge in [-0.2, -0.15) is 22.7 Å². The summed E-state index contributed by atoms with van der Waals surface area (Å²) in [4.78, 5) is 9.25. The Morgan fingerprint density at radius 1 is 1.21 bits per heavy atom. The summed E-state index contributed by atoms with van der Waals surface area (Å²) in [6, 6.07) is 1.65. The lowest BCUT2D eigenvalue weighted by Gasteiger charge is -2.19. The number of alkyl halides is 3. The minimum atomic E-state index is -4.63. The zero-order valence-electron chi connectivity index (χ0n) is 13.5. The zero-order valence-corrected chi connectivity index (χ0v) is 13.5. The van der Waals surface area contributed by atoms with E-state index in [9.17, 15) is 13.2 Å². The predicted octanol–water partition coefficient (Wildman–Crippen LogP) is 2.69. The van der Waals surface area contributed by atoms with Crippen LogP contribution in [0, 0.1) is 20.8 Å². The highest BCUT2D eigenvalue weighted by atomic mass is 19.4. The third-order valence-electron chi connectivity index (χ3n) is 3.64. The van der Waals surface area contributed by atoms with Gasteiger partial charge in [-0.1, -0.05) is 5.16 Å². The summed E-state index contributed by atoms with van der Waals surface area (Å²) in [6.07, 6.45) is -4.63. The fourth-order valence-corrected chi connectivity index (χ4v) is 2.41. The van der Waals surface area contributed by atoms with Crippen molar-refractivity contribution in [2.24, 2.45) is 0 Å². The summed E-state index contributed by atoms with van der Waals surface area (Å²) in [5.41, 5.74) is 2.15. The van der Waals surface area contributed by atoms with E-state index in [1.54, 1.807) is 31.9 Å². The van der Waals surface area contributed by atoms with E-state index in [1.807, 2.05) is 6.92 Å². The van der Waals surface area contributed by atoms with Crippen molar-refractivity contribution in [1.29, 1.82) is 0 Å². The molecule has 0 amide bonds. The molecule has 0 aliphatic rings. The largest absolute Gasteiger partial charge is 0.453 e. The molecule has 0 spiro atoms. The maximum absolute atomic E-state index is 12.9. The molecule has 0 fully saturated rings. The minimum Gasteiger partial charge on any atom is -0.361 e. The van der Waals surface area contributed by atoms with Crippen LogP contribution < -0.4 is 4.90 Å². The maximum atomic E-state index is 12.9. The molecule has 3 aromatic heterocycles. The lowest BCUT2D eigenvalue weighted by molar-refractivity contribution is -0.144. The number of aryl methyl sites for hydroxylation is 3. The third kappa shape index (κ3) is 2.79. The van der Waals surface area contributed by atoms with Gasteiger partial charge in [-0.3, -0.25) is 0 Å². The quantitative estimate of drug-likeness (QED) is 0.730. The number of anilines is 1. The van der Waals surface area contributed by atoms with E-state index in [2.05, 4.69) is 20.2 Å². The van der Waals surface area contributed by atoms with Crippen LogP contribution in [-0.4, -0.2) is 31.8 Å².